The zero-order valence-corrected chi connectivity index (χ0v) is 17.4. The van der Waals surface area contributed by atoms with Crippen LogP contribution in [-0.2, 0) is 0 Å². The van der Waals surface area contributed by atoms with Crippen LogP contribution in [0.1, 0.15) is 39.5 Å². The lowest BCUT2D eigenvalue weighted by atomic mass is 9.89. The molecule has 3 atom stereocenters. The Balaban J connectivity index is 1.89. The van der Waals surface area contributed by atoms with E-state index in [1.54, 1.807) is 0 Å². The third-order valence-electron chi connectivity index (χ3n) is 6.55. The molecule has 146 valence electrons. The van der Waals surface area contributed by atoms with Gasteiger partial charge in [0.2, 0.25) is 0 Å². The monoisotopic (exact) mass is 384 g/mol. The third kappa shape index (κ3) is 4.04. The number of hydrogen-bond acceptors (Lipinski definition) is 3. The van der Waals surface area contributed by atoms with Gasteiger partial charge in [-0.05, 0) is 52.9 Å². The summed E-state index contributed by atoms with van der Waals surface area (Å²) in [6.07, 6.45) is 2.95. The van der Waals surface area contributed by atoms with Gasteiger partial charge in [0.1, 0.15) is 0 Å². The number of benzene rings is 2. The number of aliphatic hydroxyl groups is 2. The lowest BCUT2D eigenvalue weighted by Crippen LogP contribution is -2.65. The maximum atomic E-state index is 12.2. The molecule has 3 rings (SSSR count). The molecule has 0 heterocycles. The first-order valence-electron chi connectivity index (χ1n) is 10.0. The Labute approximate surface area is 163 Å². The van der Waals surface area contributed by atoms with E-state index in [-0.39, 0.29) is 23.7 Å². The van der Waals surface area contributed by atoms with Crippen molar-refractivity contribution in [3.05, 3.63) is 60.7 Å². The van der Waals surface area contributed by atoms with Gasteiger partial charge < -0.3 is 15.0 Å². The number of hydrogen-bond donors (Lipinski definition) is 3. The summed E-state index contributed by atoms with van der Waals surface area (Å²) in [4.78, 5) is 12.2. The standard InChI is InChI=1S/C23H32O3Si/c1-23(2,14-13-18-15-20(25)16-19(18)17-24)27(26,21-9-5-3-6-10-21)22-11-7-4-8-12-22/h3-12,18-20,24-26H,13-17H2,1-2H3/t18-,19-,20-/m1/s1. The summed E-state index contributed by atoms with van der Waals surface area (Å²) >= 11 is 0. The summed E-state index contributed by atoms with van der Waals surface area (Å²) in [5, 5.41) is 21.4. The molecule has 3 N–H and O–H groups in total. The molecule has 0 saturated heterocycles. The van der Waals surface area contributed by atoms with Gasteiger partial charge in [-0.1, -0.05) is 74.5 Å². The van der Waals surface area contributed by atoms with Crippen LogP contribution >= 0.6 is 0 Å². The molecule has 1 aliphatic carbocycles. The van der Waals surface area contributed by atoms with Crippen LogP contribution in [0, 0.1) is 11.8 Å². The Hall–Kier alpha value is -1.46. The van der Waals surface area contributed by atoms with Crippen LogP contribution in [0.25, 0.3) is 0 Å². The second kappa shape index (κ2) is 8.27. The summed E-state index contributed by atoms with van der Waals surface area (Å²) in [7, 11) is -2.98. The van der Waals surface area contributed by atoms with E-state index >= 15 is 0 Å². The lowest BCUT2D eigenvalue weighted by Gasteiger charge is -2.42. The molecule has 0 aliphatic heterocycles. The third-order valence-corrected chi connectivity index (χ3v) is 11.1. The number of aliphatic hydroxyl groups excluding tert-OH is 2. The Bertz CT molecular complexity index is 677. The van der Waals surface area contributed by atoms with Gasteiger partial charge in [-0.15, -0.1) is 0 Å². The molecule has 0 spiro atoms. The molecule has 1 fully saturated rings. The van der Waals surface area contributed by atoms with Crippen molar-refractivity contribution in [2.45, 2.75) is 50.7 Å². The first-order chi connectivity index (χ1) is 12.9. The van der Waals surface area contributed by atoms with E-state index in [0.29, 0.717) is 12.3 Å². The summed E-state index contributed by atoms with van der Waals surface area (Å²) in [5.41, 5.74) is 0. The van der Waals surface area contributed by atoms with E-state index in [1.807, 2.05) is 36.4 Å². The first-order valence-corrected chi connectivity index (χ1v) is 12.0. The lowest BCUT2D eigenvalue weighted by molar-refractivity contribution is 0.162. The summed E-state index contributed by atoms with van der Waals surface area (Å²) in [6.45, 7) is 4.50. The van der Waals surface area contributed by atoms with E-state index in [4.69, 9.17) is 0 Å². The van der Waals surface area contributed by atoms with Crippen molar-refractivity contribution in [3.8, 4) is 0 Å². The fraction of sp³-hybridized carbons (Fsp3) is 0.478. The topological polar surface area (TPSA) is 60.7 Å². The van der Waals surface area contributed by atoms with Gasteiger partial charge in [-0.3, -0.25) is 0 Å². The van der Waals surface area contributed by atoms with Gasteiger partial charge >= 0.3 is 0 Å². The molecular formula is C23H32O3Si. The van der Waals surface area contributed by atoms with Crippen LogP contribution in [-0.4, -0.2) is 36.0 Å². The average molecular weight is 385 g/mol. The molecule has 1 saturated carbocycles. The van der Waals surface area contributed by atoms with Crippen molar-refractivity contribution in [3.63, 3.8) is 0 Å². The fourth-order valence-corrected chi connectivity index (χ4v) is 8.54. The molecule has 0 bridgehead atoms. The largest absolute Gasteiger partial charge is 0.424 e. The highest BCUT2D eigenvalue weighted by Crippen LogP contribution is 2.44. The summed E-state index contributed by atoms with van der Waals surface area (Å²) in [5.74, 6) is 0.507. The van der Waals surface area contributed by atoms with Gasteiger partial charge in [-0.2, -0.15) is 0 Å². The SMILES string of the molecule is CC(C)(CC[C@@H]1C[C@@H](O)C[C@@H]1CO)[Si](O)(c1ccccc1)c1ccccc1. The van der Waals surface area contributed by atoms with Crippen molar-refractivity contribution < 1.29 is 15.0 Å². The Kier molecular flexibility index (Phi) is 6.21. The van der Waals surface area contributed by atoms with Crippen molar-refractivity contribution in [1.82, 2.24) is 0 Å². The zero-order valence-electron chi connectivity index (χ0n) is 16.4. The van der Waals surface area contributed by atoms with Crippen molar-refractivity contribution in [1.29, 1.82) is 0 Å². The minimum absolute atomic E-state index is 0.140. The van der Waals surface area contributed by atoms with Crippen molar-refractivity contribution >= 4 is 18.7 Å². The summed E-state index contributed by atoms with van der Waals surface area (Å²) < 4.78 is 0. The molecule has 2 aromatic rings. The summed E-state index contributed by atoms with van der Waals surface area (Å²) in [6, 6.07) is 20.2. The van der Waals surface area contributed by atoms with E-state index in [1.165, 1.54) is 0 Å². The molecule has 4 heteroatoms. The Morgan fingerprint density at radius 1 is 0.889 bits per heavy atom. The second-order valence-electron chi connectivity index (χ2n) is 8.69. The number of rotatable bonds is 7. The molecule has 1 aliphatic rings. The van der Waals surface area contributed by atoms with Gasteiger partial charge in [0.15, 0.2) is 0 Å². The molecule has 3 nitrogen and oxygen atoms in total. The second-order valence-corrected chi connectivity index (χ2v) is 12.6. The molecular weight excluding hydrogens is 352 g/mol. The van der Waals surface area contributed by atoms with E-state index in [2.05, 4.69) is 38.1 Å². The van der Waals surface area contributed by atoms with Gasteiger partial charge in [0.25, 0.3) is 8.32 Å². The van der Waals surface area contributed by atoms with E-state index in [9.17, 15) is 15.0 Å². The minimum atomic E-state index is -2.98. The molecule has 0 amide bonds. The quantitative estimate of drug-likeness (QED) is 0.643. The van der Waals surface area contributed by atoms with Gasteiger partial charge in [0, 0.05) is 6.61 Å². The molecule has 27 heavy (non-hydrogen) atoms. The first kappa shape index (κ1) is 20.3. The molecule has 0 radical (unpaired) electrons. The normalized spacial score (nSPS) is 23.5. The highest BCUT2D eigenvalue weighted by Gasteiger charge is 2.50. The predicted molar refractivity (Wildman–Crippen MR) is 113 cm³/mol. The smallest absolute Gasteiger partial charge is 0.258 e. The fourth-order valence-electron chi connectivity index (χ4n) is 4.79. The van der Waals surface area contributed by atoms with Crippen LogP contribution in [0.3, 0.4) is 0 Å². The predicted octanol–water partition coefficient (Wildman–Crippen LogP) is 2.68. The van der Waals surface area contributed by atoms with Crippen LogP contribution in [0.15, 0.2) is 60.7 Å². The highest BCUT2D eigenvalue weighted by atomic mass is 28.4. The maximum absolute atomic E-state index is 12.2. The minimum Gasteiger partial charge on any atom is -0.424 e. The highest BCUT2D eigenvalue weighted by molar-refractivity contribution is 6.98. The van der Waals surface area contributed by atoms with Crippen molar-refractivity contribution in [2.24, 2.45) is 11.8 Å². The molecule has 0 aromatic heterocycles. The molecule has 0 unspecified atom stereocenters. The van der Waals surface area contributed by atoms with E-state index in [0.717, 1.165) is 29.6 Å². The zero-order chi connectivity index (χ0) is 19.5. The Morgan fingerprint density at radius 3 is 1.85 bits per heavy atom. The van der Waals surface area contributed by atoms with Crippen LogP contribution in [0.5, 0.6) is 0 Å². The Morgan fingerprint density at radius 2 is 1.37 bits per heavy atom. The molecule has 2 aromatic carbocycles. The van der Waals surface area contributed by atoms with Crippen LogP contribution in [0.2, 0.25) is 5.04 Å². The van der Waals surface area contributed by atoms with Crippen molar-refractivity contribution in [2.75, 3.05) is 6.61 Å². The van der Waals surface area contributed by atoms with E-state index < -0.39 is 8.32 Å². The van der Waals surface area contributed by atoms with Crippen LogP contribution in [0.4, 0.5) is 0 Å². The van der Waals surface area contributed by atoms with Gasteiger partial charge in [0.05, 0.1) is 6.10 Å². The van der Waals surface area contributed by atoms with Gasteiger partial charge in [-0.25, -0.2) is 0 Å². The average Bonchev–Trinajstić information content (AvgIpc) is 3.07. The maximum Gasteiger partial charge on any atom is 0.258 e. The van der Waals surface area contributed by atoms with Crippen LogP contribution < -0.4 is 10.4 Å².